The molecule has 0 radical (unpaired) electrons. The third-order valence-electron chi connectivity index (χ3n) is 1.56. The van der Waals surface area contributed by atoms with Gasteiger partial charge in [-0.3, -0.25) is 0 Å². The van der Waals surface area contributed by atoms with E-state index in [9.17, 15) is 0 Å². The molecule has 3 heteroatoms. The van der Waals surface area contributed by atoms with E-state index in [0.29, 0.717) is 13.2 Å². The van der Waals surface area contributed by atoms with Crippen molar-refractivity contribution in [2.24, 2.45) is 0 Å². The predicted octanol–water partition coefficient (Wildman–Crippen LogP) is 1.46. The van der Waals surface area contributed by atoms with Gasteiger partial charge in [-0.25, -0.2) is 0 Å². The standard InChI is InChI=1S/C9H20O3/c1-4-5-6-12-9(7-10-2)8-11-3/h9H,4-8H2,1-3H3. The summed E-state index contributed by atoms with van der Waals surface area (Å²) in [6.45, 7) is 4.16. The highest BCUT2D eigenvalue weighted by molar-refractivity contribution is 4.54. The normalized spacial score (nSPS) is 11.0. The fraction of sp³-hybridized carbons (Fsp3) is 1.00. The van der Waals surface area contributed by atoms with Gasteiger partial charge in [0.15, 0.2) is 0 Å². The SMILES string of the molecule is CCCCOC(COC)COC. The fourth-order valence-electron chi connectivity index (χ4n) is 0.910. The number of rotatable bonds is 8. The zero-order valence-corrected chi connectivity index (χ0v) is 8.34. The van der Waals surface area contributed by atoms with E-state index in [2.05, 4.69) is 6.92 Å². The van der Waals surface area contributed by atoms with E-state index in [1.165, 1.54) is 0 Å². The molecule has 0 aliphatic rings. The minimum absolute atomic E-state index is 0.0894. The van der Waals surface area contributed by atoms with Crippen molar-refractivity contribution in [3.05, 3.63) is 0 Å². The van der Waals surface area contributed by atoms with Crippen LogP contribution in [-0.4, -0.2) is 40.1 Å². The summed E-state index contributed by atoms with van der Waals surface area (Å²) in [6, 6.07) is 0. The Morgan fingerprint density at radius 1 is 1.08 bits per heavy atom. The van der Waals surface area contributed by atoms with Gasteiger partial charge in [0.25, 0.3) is 0 Å². The molecule has 0 N–H and O–H groups in total. The first-order valence-corrected chi connectivity index (χ1v) is 4.44. The van der Waals surface area contributed by atoms with Gasteiger partial charge in [-0.2, -0.15) is 0 Å². The van der Waals surface area contributed by atoms with Crippen molar-refractivity contribution < 1.29 is 14.2 Å². The largest absolute Gasteiger partial charge is 0.382 e. The highest BCUT2D eigenvalue weighted by Crippen LogP contribution is 1.96. The lowest BCUT2D eigenvalue weighted by molar-refractivity contribution is -0.0418. The van der Waals surface area contributed by atoms with Gasteiger partial charge in [0, 0.05) is 20.8 Å². The zero-order valence-electron chi connectivity index (χ0n) is 8.34. The summed E-state index contributed by atoms with van der Waals surface area (Å²) in [5.74, 6) is 0. The monoisotopic (exact) mass is 176 g/mol. The summed E-state index contributed by atoms with van der Waals surface area (Å²) < 4.78 is 15.5. The highest BCUT2D eigenvalue weighted by atomic mass is 16.6. The molecule has 0 saturated carbocycles. The summed E-state index contributed by atoms with van der Waals surface area (Å²) in [5.41, 5.74) is 0. The molecule has 0 saturated heterocycles. The number of methoxy groups -OCH3 is 2. The summed E-state index contributed by atoms with van der Waals surface area (Å²) in [4.78, 5) is 0. The van der Waals surface area contributed by atoms with Crippen LogP contribution in [0.4, 0.5) is 0 Å². The van der Waals surface area contributed by atoms with Gasteiger partial charge >= 0.3 is 0 Å². The second-order valence-corrected chi connectivity index (χ2v) is 2.76. The molecular weight excluding hydrogens is 156 g/mol. The second-order valence-electron chi connectivity index (χ2n) is 2.76. The van der Waals surface area contributed by atoms with E-state index in [1.807, 2.05) is 0 Å². The quantitative estimate of drug-likeness (QED) is 0.524. The highest BCUT2D eigenvalue weighted by Gasteiger charge is 2.06. The van der Waals surface area contributed by atoms with Crippen LogP contribution in [0.15, 0.2) is 0 Å². The smallest absolute Gasteiger partial charge is 0.104 e. The average molecular weight is 176 g/mol. The minimum Gasteiger partial charge on any atom is -0.382 e. The van der Waals surface area contributed by atoms with Crippen LogP contribution in [-0.2, 0) is 14.2 Å². The van der Waals surface area contributed by atoms with Gasteiger partial charge in [-0.1, -0.05) is 13.3 Å². The lowest BCUT2D eigenvalue weighted by atomic mass is 10.3. The summed E-state index contributed by atoms with van der Waals surface area (Å²) >= 11 is 0. The molecule has 0 aliphatic carbocycles. The van der Waals surface area contributed by atoms with E-state index in [-0.39, 0.29) is 6.10 Å². The van der Waals surface area contributed by atoms with E-state index >= 15 is 0 Å². The number of ether oxygens (including phenoxy) is 3. The lowest BCUT2D eigenvalue weighted by Crippen LogP contribution is -2.24. The van der Waals surface area contributed by atoms with Crippen LogP contribution >= 0.6 is 0 Å². The molecule has 0 aromatic rings. The number of unbranched alkanes of at least 4 members (excludes halogenated alkanes) is 1. The molecule has 74 valence electrons. The Kier molecular flexibility index (Phi) is 8.88. The molecule has 0 spiro atoms. The second kappa shape index (κ2) is 8.97. The average Bonchev–Trinajstić information content (AvgIpc) is 2.06. The van der Waals surface area contributed by atoms with Crippen molar-refractivity contribution in [1.29, 1.82) is 0 Å². The number of hydrogen-bond acceptors (Lipinski definition) is 3. The van der Waals surface area contributed by atoms with Crippen LogP contribution in [0.5, 0.6) is 0 Å². The zero-order chi connectivity index (χ0) is 9.23. The van der Waals surface area contributed by atoms with Crippen LogP contribution in [0.2, 0.25) is 0 Å². The van der Waals surface area contributed by atoms with Crippen molar-refractivity contribution >= 4 is 0 Å². The van der Waals surface area contributed by atoms with Crippen molar-refractivity contribution in [1.82, 2.24) is 0 Å². The van der Waals surface area contributed by atoms with Crippen molar-refractivity contribution in [2.75, 3.05) is 34.0 Å². The van der Waals surface area contributed by atoms with Crippen LogP contribution < -0.4 is 0 Å². The maximum atomic E-state index is 5.51. The number of hydrogen-bond donors (Lipinski definition) is 0. The maximum Gasteiger partial charge on any atom is 0.104 e. The topological polar surface area (TPSA) is 27.7 Å². The van der Waals surface area contributed by atoms with Gasteiger partial charge in [-0.05, 0) is 6.42 Å². The third-order valence-corrected chi connectivity index (χ3v) is 1.56. The van der Waals surface area contributed by atoms with Gasteiger partial charge in [0.1, 0.15) is 6.10 Å². The van der Waals surface area contributed by atoms with Gasteiger partial charge in [0.2, 0.25) is 0 Å². The summed E-state index contributed by atoms with van der Waals surface area (Å²) in [5, 5.41) is 0. The molecule has 12 heavy (non-hydrogen) atoms. The first-order valence-electron chi connectivity index (χ1n) is 4.44. The Hall–Kier alpha value is -0.120. The summed E-state index contributed by atoms with van der Waals surface area (Å²) in [7, 11) is 3.34. The van der Waals surface area contributed by atoms with E-state index in [0.717, 1.165) is 19.4 Å². The van der Waals surface area contributed by atoms with Gasteiger partial charge in [0.05, 0.1) is 13.2 Å². The van der Waals surface area contributed by atoms with Crippen molar-refractivity contribution in [3.8, 4) is 0 Å². The van der Waals surface area contributed by atoms with E-state index in [4.69, 9.17) is 14.2 Å². The Morgan fingerprint density at radius 3 is 2.08 bits per heavy atom. The molecule has 0 rings (SSSR count). The van der Waals surface area contributed by atoms with Crippen molar-refractivity contribution in [2.45, 2.75) is 25.9 Å². The van der Waals surface area contributed by atoms with Gasteiger partial charge in [-0.15, -0.1) is 0 Å². The molecule has 3 nitrogen and oxygen atoms in total. The van der Waals surface area contributed by atoms with Crippen LogP contribution in [0, 0.1) is 0 Å². The molecule has 0 amide bonds. The fourth-order valence-corrected chi connectivity index (χ4v) is 0.910. The predicted molar refractivity (Wildman–Crippen MR) is 48.4 cm³/mol. The Morgan fingerprint density at radius 2 is 1.67 bits per heavy atom. The van der Waals surface area contributed by atoms with Crippen LogP contribution in [0.25, 0.3) is 0 Å². The maximum absolute atomic E-state index is 5.51. The van der Waals surface area contributed by atoms with Crippen LogP contribution in [0.1, 0.15) is 19.8 Å². The molecule has 0 unspecified atom stereocenters. The Balaban J connectivity index is 3.34. The molecule has 0 atom stereocenters. The van der Waals surface area contributed by atoms with E-state index in [1.54, 1.807) is 14.2 Å². The minimum atomic E-state index is 0.0894. The molecule has 0 aliphatic heterocycles. The van der Waals surface area contributed by atoms with E-state index < -0.39 is 0 Å². The lowest BCUT2D eigenvalue weighted by Gasteiger charge is -2.15. The molecule has 0 aromatic heterocycles. The summed E-state index contributed by atoms with van der Waals surface area (Å²) in [6.07, 6.45) is 2.35. The first kappa shape index (κ1) is 11.9. The molecular formula is C9H20O3. The molecule has 0 heterocycles. The van der Waals surface area contributed by atoms with Gasteiger partial charge < -0.3 is 14.2 Å². The van der Waals surface area contributed by atoms with Crippen molar-refractivity contribution in [3.63, 3.8) is 0 Å². The third kappa shape index (κ3) is 6.58. The molecule has 0 fully saturated rings. The van der Waals surface area contributed by atoms with Crippen LogP contribution in [0.3, 0.4) is 0 Å². The first-order chi connectivity index (χ1) is 5.85. The molecule has 0 bridgehead atoms. The Bertz CT molecular complexity index is 79.8. The molecule has 0 aromatic carbocycles. The Labute approximate surface area is 75.0 Å².